The van der Waals surface area contributed by atoms with Crippen LogP contribution in [0.5, 0.6) is 0 Å². The number of aliphatic hydroxyl groups excluding tert-OH is 1. The molecule has 1 atom stereocenters. The van der Waals surface area contributed by atoms with Gasteiger partial charge in [-0.2, -0.15) is 0 Å². The molecule has 0 bridgehead atoms. The van der Waals surface area contributed by atoms with Crippen molar-refractivity contribution in [1.82, 2.24) is 4.90 Å². The minimum absolute atomic E-state index is 0.0866. The Morgan fingerprint density at radius 3 is 2.35 bits per heavy atom. The Morgan fingerprint density at radius 2 is 1.88 bits per heavy atom. The summed E-state index contributed by atoms with van der Waals surface area (Å²) in [5.74, 6) is -0.178. The molecule has 0 aliphatic rings. The topological polar surface area (TPSA) is 49.8 Å². The molecule has 0 aliphatic carbocycles. The summed E-state index contributed by atoms with van der Waals surface area (Å²) in [6, 6.07) is -0.196. The van der Waals surface area contributed by atoms with Crippen LogP contribution < -0.4 is 0 Å². The number of nitrogens with zero attached hydrogens (tertiary/aromatic N) is 1. The normalized spacial score (nSPS) is 12.8. The maximum absolute atomic E-state index is 11.8. The Balaban J connectivity index is 4.48. The molecule has 0 aromatic carbocycles. The van der Waals surface area contributed by atoms with Gasteiger partial charge in [0, 0.05) is 6.54 Å². The van der Waals surface area contributed by atoms with Crippen LogP contribution in [0.2, 0.25) is 0 Å². The van der Waals surface area contributed by atoms with Gasteiger partial charge in [-0.3, -0.25) is 9.69 Å². The number of carbonyl (C=O) groups is 1. The average Bonchev–Trinajstić information content (AvgIpc) is 2.35. The molecule has 0 saturated heterocycles. The van der Waals surface area contributed by atoms with Crippen molar-refractivity contribution in [3.05, 3.63) is 0 Å². The van der Waals surface area contributed by atoms with E-state index in [0.717, 1.165) is 38.6 Å². The summed E-state index contributed by atoms with van der Waals surface area (Å²) < 4.78 is 4.85. The highest BCUT2D eigenvalue weighted by molar-refractivity contribution is 5.75. The summed E-state index contributed by atoms with van der Waals surface area (Å²) in [4.78, 5) is 13.8. The molecule has 4 nitrogen and oxygen atoms in total. The zero-order chi connectivity index (χ0) is 13.1. The minimum atomic E-state index is -0.196. The van der Waals surface area contributed by atoms with Gasteiger partial charge in [-0.1, -0.05) is 33.1 Å². The minimum Gasteiger partial charge on any atom is -0.468 e. The van der Waals surface area contributed by atoms with Crippen LogP contribution in [-0.4, -0.2) is 48.8 Å². The molecule has 102 valence electrons. The van der Waals surface area contributed by atoms with Crippen molar-refractivity contribution in [2.45, 2.75) is 52.0 Å². The fraction of sp³-hybridized carbons (Fsp3) is 0.923. The number of carbonyl (C=O) groups excluding carboxylic acids is 1. The lowest BCUT2D eigenvalue weighted by Gasteiger charge is -2.29. The molecule has 0 spiro atoms. The van der Waals surface area contributed by atoms with Gasteiger partial charge in [0.15, 0.2) is 0 Å². The van der Waals surface area contributed by atoms with Crippen LogP contribution in [0.4, 0.5) is 0 Å². The molecule has 0 heterocycles. The average molecular weight is 245 g/mol. The fourth-order valence-corrected chi connectivity index (χ4v) is 1.90. The van der Waals surface area contributed by atoms with Crippen LogP contribution in [-0.2, 0) is 9.53 Å². The Labute approximate surface area is 105 Å². The molecular formula is C13H27NO3. The second-order valence-corrected chi connectivity index (χ2v) is 4.29. The maximum atomic E-state index is 11.8. The highest BCUT2D eigenvalue weighted by Crippen LogP contribution is 2.11. The molecule has 17 heavy (non-hydrogen) atoms. The van der Waals surface area contributed by atoms with Crippen LogP contribution in [0.1, 0.15) is 46.0 Å². The lowest BCUT2D eigenvalue weighted by Crippen LogP contribution is -2.44. The van der Waals surface area contributed by atoms with Crippen molar-refractivity contribution in [2.75, 3.05) is 26.8 Å². The number of hydrogen-bond donors (Lipinski definition) is 1. The largest absolute Gasteiger partial charge is 0.468 e. The molecule has 0 aromatic rings. The zero-order valence-electron chi connectivity index (χ0n) is 11.4. The molecule has 1 unspecified atom stereocenters. The number of aliphatic hydroxyl groups is 1. The predicted octanol–water partition coefficient (Wildman–Crippen LogP) is 1.81. The van der Waals surface area contributed by atoms with E-state index in [4.69, 9.17) is 9.84 Å². The van der Waals surface area contributed by atoms with Gasteiger partial charge >= 0.3 is 5.97 Å². The fourth-order valence-electron chi connectivity index (χ4n) is 1.90. The lowest BCUT2D eigenvalue weighted by atomic mass is 10.1. The SMILES string of the molecule is CCCCC(C(=O)OC)N(CCO)CCCC. The van der Waals surface area contributed by atoms with Gasteiger partial charge in [0.1, 0.15) is 6.04 Å². The van der Waals surface area contributed by atoms with E-state index in [-0.39, 0.29) is 18.6 Å². The maximum Gasteiger partial charge on any atom is 0.323 e. The summed E-state index contributed by atoms with van der Waals surface area (Å²) in [6.07, 6.45) is 5.01. The summed E-state index contributed by atoms with van der Waals surface area (Å²) >= 11 is 0. The quantitative estimate of drug-likeness (QED) is 0.596. The van der Waals surface area contributed by atoms with Crippen LogP contribution in [0.25, 0.3) is 0 Å². The Kier molecular flexibility index (Phi) is 10.2. The summed E-state index contributed by atoms with van der Waals surface area (Å²) in [6.45, 7) is 5.71. The van der Waals surface area contributed by atoms with Gasteiger partial charge in [-0.05, 0) is 19.4 Å². The second-order valence-electron chi connectivity index (χ2n) is 4.29. The van der Waals surface area contributed by atoms with Gasteiger partial charge < -0.3 is 9.84 Å². The summed E-state index contributed by atoms with van der Waals surface area (Å²) in [5.41, 5.74) is 0. The summed E-state index contributed by atoms with van der Waals surface area (Å²) in [5, 5.41) is 9.07. The van der Waals surface area contributed by atoms with Gasteiger partial charge in [0.2, 0.25) is 0 Å². The van der Waals surface area contributed by atoms with Crippen LogP contribution in [0.15, 0.2) is 0 Å². The number of ether oxygens (including phenoxy) is 1. The van der Waals surface area contributed by atoms with Crippen molar-refractivity contribution in [2.24, 2.45) is 0 Å². The Bertz CT molecular complexity index is 197. The van der Waals surface area contributed by atoms with E-state index >= 15 is 0 Å². The van der Waals surface area contributed by atoms with Crippen LogP contribution in [0.3, 0.4) is 0 Å². The van der Waals surface area contributed by atoms with E-state index < -0.39 is 0 Å². The first-order valence-corrected chi connectivity index (χ1v) is 6.63. The zero-order valence-corrected chi connectivity index (χ0v) is 11.4. The monoisotopic (exact) mass is 245 g/mol. The molecule has 0 saturated carbocycles. The van der Waals surface area contributed by atoms with E-state index in [9.17, 15) is 4.79 Å². The highest BCUT2D eigenvalue weighted by Gasteiger charge is 2.25. The van der Waals surface area contributed by atoms with E-state index in [1.165, 1.54) is 7.11 Å². The van der Waals surface area contributed by atoms with E-state index in [0.29, 0.717) is 6.54 Å². The number of unbranched alkanes of at least 4 members (excludes halogenated alkanes) is 2. The first-order valence-electron chi connectivity index (χ1n) is 6.63. The molecule has 0 aromatic heterocycles. The van der Waals surface area contributed by atoms with Crippen molar-refractivity contribution < 1.29 is 14.6 Å². The first-order chi connectivity index (χ1) is 8.21. The molecular weight excluding hydrogens is 218 g/mol. The Morgan fingerprint density at radius 1 is 1.24 bits per heavy atom. The molecule has 0 rings (SSSR count). The number of methoxy groups -OCH3 is 1. The van der Waals surface area contributed by atoms with Gasteiger partial charge in [-0.15, -0.1) is 0 Å². The third kappa shape index (κ3) is 6.64. The summed E-state index contributed by atoms with van der Waals surface area (Å²) in [7, 11) is 1.43. The Hall–Kier alpha value is -0.610. The highest BCUT2D eigenvalue weighted by atomic mass is 16.5. The number of rotatable bonds is 10. The third-order valence-corrected chi connectivity index (χ3v) is 2.93. The first kappa shape index (κ1) is 16.4. The molecule has 0 aliphatic heterocycles. The predicted molar refractivity (Wildman–Crippen MR) is 68.9 cm³/mol. The third-order valence-electron chi connectivity index (χ3n) is 2.93. The van der Waals surface area contributed by atoms with Crippen molar-refractivity contribution in [3.8, 4) is 0 Å². The van der Waals surface area contributed by atoms with E-state index in [1.807, 2.05) is 4.90 Å². The van der Waals surface area contributed by atoms with Crippen LogP contribution in [0, 0.1) is 0 Å². The number of hydrogen-bond acceptors (Lipinski definition) is 4. The molecule has 0 radical (unpaired) electrons. The lowest BCUT2D eigenvalue weighted by molar-refractivity contribution is -0.147. The number of esters is 1. The standard InChI is InChI=1S/C13H27NO3/c1-4-6-8-12(13(16)17-3)14(10-11-15)9-7-5-2/h12,15H,4-11H2,1-3H3. The van der Waals surface area contributed by atoms with Crippen molar-refractivity contribution in [3.63, 3.8) is 0 Å². The molecule has 0 amide bonds. The molecule has 0 fully saturated rings. The molecule has 4 heteroatoms. The smallest absolute Gasteiger partial charge is 0.323 e. The molecule has 1 N–H and O–H groups in total. The van der Waals surface area contributed by atoms with Gasteiger partial charge in [-0.25, -0.2) is 0 Å². The van der Waals surface area contributed by atoms with Crippen molar-refractivity contribution in [1.29, 1.82) is 0 Å². The van der Waals surface area contributed by atoms with E-state index in [1.54, 1.807) is 0 Å². The van der Waals surface area contributed by atoms with Gasteiger partial charge in [0.05, 0.1) is 13.7 Å². The second kappa shape index (κ2) is 10.5. The van der Waals surface area contributed by atoms with Crippen molar-refractivity contribution >= 4 is 5.97 Å². The van der Waals surface area contributed by atoms with Gasteiger partial charge in [0.25, 0.3) is 0 Å². The van der Waals surface area contributed by atoms with Crippen LogP contribution >= 0.6 is 0 Å². The van der Waals surface area contributed by atoms with E-state index in [2.05, 4.69) is 13.8 Å².